The first-order chi connectivity index (χ1) is 8.95. The van der Waals surface area contributed by atoms with Gasteiger partial charge in [-0.05, 0) is 49.0 Å². The van der Waals surface area contributed by atoms with Gasteiger partial charge in [0.05, 0.1) is 18.8 Å². The molecule has 2 aliphatic carbocycles. The molecule has 2 saturated carbocycles. The molecule has 4 atom stereocenters. The van der Waals surface area contributed by atoms with Crippen LogP contribution in [0.5, 0.6) is 0 Å². The second kappa shape index (κ2) is 5.42. The Kier molecular flexibility index (Phi) is 4.23. The molecule has 2 aliphatic rings. The molecule has 0 amide bonds. The molecule has 0 aliphatic heterocycles. The van der Waals surface area contributed by atoms with Gasteiger partial charge in [0.15, 0.2) is 0 Å². The molecule has 0 aromatic carbocycles. The first kappa shape index (κ1) is 14.8. The summed E-state index contributed by atoms with van der Waals surface area (Å²) >= 11 is 0. The molecule has 0 heterocycles. The third-order valence-electron chi connectivity index (χ3n) is 5.97. The van der Waals surface area contributed by atoms with E-state index in [0.29, 0.717) is 23.5 Å². The minimum Gasteiger partial charge on any atom is -0.375 e. The lowest BCUT2D eigenvalue weighted by atomic mass is 9.70. The highest BCUT2D eigenvalue weighted by molar-refractivity contribution is 5.11. The second-order valence-electron chi connectivity index (χ2n) is 7.07. The minimum atomic E-state index is -0.161. The summed E-state index contributed by atoms with van der Waals surface area (Å²) in [5, 5.41) is 12.4. The number of fused-ring (bicyclic) bond motifs is 2. The molecule has 1 N–H and O–H groups in total. The number of nitriles is 1. The third kappa shape index (κ3) is 2.41. The van der Waals surface area contributed by atoms with Crippen LogP contribution in [0.25, 0.3) is 0 Å². The Morgan fingerprint density at radius 2 is 2.16 bits per heavy atom. The van der Waals surface area contributed by atoms with Crippen molar-refractivity contribution >= 4 is 0 Å². The Hall–Kier alpha value is -0.590. The van der Waals surface area contributed by atoms with E-state index in [0.717, 1.165) is 18.9 Å². The fourth-order valence-corrected chi connectivity index (χ4v) is 4.06. The lowest BCUT2D eigenvalue weighted by Gasteiger charge is -2.39. The average Bonchev–Trinajstić information content (AvgIpc) is 2.72. The van der Waals surface area contributed by atoms with Gasteiger partial charge in [-0.1, -0.05) is 27.7 Å². The lowest BCUT2D eigenvalue weighted by Crippen LogP contribution is -2.40. The summed E-state index contributed by atoms with van der Waals surface area (Å²) < 4.78 is 6.14. The SMILES string of the molecule is CCCNC(C#N)COC1CC2CCC1(C)C2(C)C. The van der Waals surface area contributed by atoms with E-state index in [-0.39, 0.29) is 6.04 Å². The minimum absolute atomic E-state index is 0.161. The molecule has 4 unspecified atom stereocenters. The number of nitrogens with zero attached hydrogens (tertiary/aromatic N) is 1. The van der Waals surface area contributed by atoms with Gasteiger partial charge >= 0.3 is 0 Å². The number of ether oxygens (including phenoxy) is 1. The van der Waals surface area contributed by atoms with E-state index in [1.54, 1.807) is 0 Å². The van der Waals surface area contributed by atoms with Gasteiger partial charge in [-0.2, -0.15) is 5.26 Å². The van der Waals surface area contributed by atoms with Gasteiger partial charge < -0.3 is 10.1 Å². The van der Waals surface area contributed by atoms with Crippen LogP contribution in [-0.2, 0) is 4.74 Å². The highest BCUT2D eigenvalue weighted by Crippen LogP contribution is 2.66. The number of rotatable bonds is 6. The fraction of sp³-hybridized carbons (Fsp3) is 0.938. The quantitative estimate of drug-likeness (QED) is 0.801. The summed E-state index contributed by atoms with van der Waals surface area (Å²) in [4.78, 5) is 0. The summed E-state index contributed by atoms with van der Waals surface area (Å²) in [5.74, 6) is 0.798. The normalized spacial score (nSPS) is 37.2. The van der Waals surface area contributed by atoms with Gasteiger partial charge in [-0.25, -0.2) is 0 Å². The molecule has 2 fully saturated rings. The standard InChI is InChI=1S/C16H28N2O/c1-5-8-18-13(10-17)11-19-14-9-12-6-7-16(14,4)15(12,2)3/h12-14,18H,5-9,11H2,1-4H3. The molecule has 0 spiro atoms. The summed E-state index contributed by atoms with van der Waals surface area (Å²) in [6, 6.07) is 2.14. The zero-order chi connectivity index (χ0) is 14.1. The number of hydrogen-bond donors (Lipinski definition) is 1. The van der Waals surface area contributed by atoms with E-state index in [2.05, 4.69) is 39.1 Å². The van der Waals surface area contributed by atoms with Gasteiger partial charge in [0.25, 0.3) is 0 Å². The highest BCUT2D eigenvalue weighted by Gasteiger charge is 2.61. The Morgan fingerprint density at radius 3 is 2.63 bits per heavy atom. The van der Waals surface area contributed by atoms with Crippen molar-refractivity contribution in [1.29, 1.82) is 5.26 Å². The molecular formula is C16H28N2O. The zero-order valence-corrected chi connectivity index (χ0v) is 12.8. The Balaban J connectivity index is 1.90. The third-order valence-corrected chi connectivity index (χ3v) is 5.97. The molecule has 3 heteroatoms. The topological polar surface area (TPSA) is 45.0 Å². The van der Waals surface area contributed by atoms with Crippen molar-refractivity contribution in [3.05, 3.63) is 0 Å². The summed E-state index contributed by atoms with van der Waals surface area (Å²) in [6.45, 7) is 10.7. The molecule has 0 saturated heterocycles. The van der Waals surface area contributed by atoms with Crippen LogP contribution in [0, 0.1) is 28.1 Å². The summed E-state index contributed by atoms with van der Waals surface area (Å²) in [5.41, 5.74) is 0.680. The summed E-state index contributed by atoms with van der Waals surface area (Å²) in [6.07, 6.45) is 5.18. The number of hydrogen-bond acceptors (Lipinski definition) is 3. The van der Waals surface area contributed by atoms with Crippen LogP contribution >= 0.6 is 0 Å². The Labute approximate surface area is 117 Å². The van der Waals surface area contributed by atoms with Crippen LogP contribution in [0.2, 0.25) is 0 Å². The molecule has 108 valence electrons. The van der Waals surface area contributed by atoms with Crippen molar-refractivity contribution in [3.8, 4) is 6.07 Å². The monoisotopic (exact) mass is 264 g/mol. The van der Waals surface area contributed by atoms with E-state index < -0.39 is 0 Å². The van der Waals surface area contributed by atoms with Crippen molar-refractivity contribution in [1.82, 2.24) is 5.32 Å². The van der Waals surface area contributed by atoms with E-state index in [1.165, 1.54) is 19.3 Å². The van der Waals surface area contributed by atoms with Crippen LogP contribution < -0.4 is 5.32 Å². The molecule has 19 heavy (non-hydrogen) atoms. The maximum absolute atomic E-state index is 9.13. The fourth-order valence-electron chi connectivity index (χ4n) is 4.06. The molecular weight excluding hydrogens is 236 g/mol. The van der Waals surface area contributed by atoms with Crippen molar-refractivity contribution in [2.24, 2.45) is 16.7 Å². The first-order valence-electron chi connectivity index (χ1n) is 7.70. The smallest absolute Gasteiger partial charge is 0.119 e. The predicted octanol–water partition coefficient (Wildman–Crippen LogP) is 3.11. The van der Waals surface area contributed by atoms with Crippen LogP contribution in [0.1, 0.15) is 53.4 Å². The first-order valence-corrected chi connectivity index (χ1v) is 7.70. The van der Waals surface area contributed by atoms with Gasteiger partial charge in [0.1, 0.15) is 6.04 Å². The van der Waals surface area contributed by atoms with Crippen LogP contribution in [0.3, 0.4) is 0 Å². The van der Waals surface area contributed by atoms with Crippen LogP contribution in [0.15, 0.2) is 0 Å². The van der Waals surface area contributed by atoms with E-state index in [4.69, 9.17) is 10.00 Å². The molecule has 3 nitrogen and oxygen atoms in total. The van der Waals surface area contributed by atoms with Crippen molar-refractivity contribution in [2.75, 3.05) is 13.2 Å². The summed E-state index contributed by atoms with van der Waals surface area (Å²) in [7, 11) is 0. The largest absolute Gasteiger partial charge is 0.375 e. The lowest BCUT2D eigenvalue weighted by molar-refractivity contribution is -0.0495. The predicted molar refractivity (Wildman–Crippen MR) is 76.7 cm³/mol. The second-order valence-corrected chi connectivity index (χ2v) is 7.07. The average molecular weight is 264 g/mol. The van der Waals surface area contributed by atoms with Gasteiger partial charge in [-0.3, -0.25) is 0 Å². The molecule has 0 radical (unpaired) electrons. The number of nitrogens with one attached hydrogen (secondary N) is 1. The van der Waals surface area contributed by atoms with Gasteiger partial charge in [-0.15, -0.1) is 0 Å². The zero-order valence-electron chi connectivity index (χ0n) is 12.8. The Bertz CT molecular complexity index is 360. The molecule has 0 aromatic rings. The maximum Gasteiger partial charge on any atom is 0.119 e. The van der Waals surface area contributed by atoms with Crippen molar-refractivity contribution in [3.63, 3.8) is 0 Å². The highest BCUT2D eigenvalue weighted by atomic mass is 16.5. The van der Waals surface area contributed by atoms with Gasteiger partial charge in [0, 0.05) is 0 Å². The van der Waals surface area contributed by atoms with Crippen molar-refractivity contribution in [2.45, 2.75) is 65.5 Å². The molecule has 0 aromatic heterocycles. The van der Waals surface area contributed by atoms with E-state index in [9.17, 15) is 0 Å². The van der Waals surface area contributed by atoms with Crippen LogP contribution in [-0.4, -0.2) is 25.3 Å². The maximum atomic E-state index is 9.13. The van der Waals surface area contributed by atoms with Crippen molar-refractivity contribution < 1.29 is 4.74 Å². The van der Waals surface area contributed by atoms with Crippen LogP contribution in [0.4, 0.5) is 0 Å². The van der Waals surface area contributed by atoms with Gasteiger partial charge in [0.2, 0.25) is 0 Å². The molecule has 2 rings (SSSR count). The Morgan fingerprint density at radius 1 is 1.42 bits per heavy atom. The van der Waals surface area contributed by atoms with E-state index in [1.807, 2.05) is 0 Å². The van der Waals surface area contributed by atoms with E-state index >= 15 is 0 Å². The molecule has 2 bridgehead atoms.